The third-order valence-electron chi connectivity index (χ3n) is 5.56. The fourth-order valence-electron chi connectivity index (χ4n) is 4.00. The lowest BCUT2D eigenvalue weighted by Crippen LogP contribution is -2.41. The molecule has 0 amide bonds. The minimum atomic E-state index is -3.59. The maximum Gasteiger partial charge on any atom is 0.314 e. The molecule has 0 bridgehead atoms. The van der Waals surface area contributed by atoms with E-state index in [2.05, 4.69) is 0 Å². The van der Waals surface area contributed by atoms with Gasteiger partial charge < -0.3 is 4.74 Å². The SMILES string of the molecule is Cc1cc(C)cc(OC(=O)C2CCN(S(=O)(=O)c3ccc4ccccc4c3)CC2)c1. The summed E-state index contributed by atoms with van der Waals surface area (Å²) in [6.45, 7) is 4.53. The molecule has 1 saturated heterocycles. The third kappa shape index (κ3) is 4.25. The lowest BCUT2D eigenvalue weighted by atomic mass is 9.98. The van der Waals surface area contributed by atoms with Gasteiger partial charge in [0.2, 0.25) is 10.0 Å². The topological polar surface area (TPSA) is 63.7 Å². The number of piperidine rings is 1. The number of fused-ring (bicyclic) bond motifs is 1. The summed E-state index contributed by atoms with van der Waals surface area (Å²) in [5, 5.41) is 1.90. The summed E-state index contributed by atoms with van der Waals surface area (Å²) in [6, 6.07) is 18.6. The van der Waals surface area contributed by atoms with E-state index < -0.39 is 10.0 Å². The van der Waals surface area contributed by atoms with Crippen LogP contribution in [0.25, 0.3) is 10.8 Å². The van der Waals surface area contributed by atoms with Crippen LogP contribution in [0.3, 0.4) is 0 Å². The highest BCUT2D eigenvalue weighted by molar-refractivity contribution is 7.89. The van der Waals surface area contributed by atoms with Gasteiger partial charge >= 0.3 is 5.97 Å². The second-order valence-electron chi connectivity index (χ2n) is 7.93. The van der Waals surface area contributed by atoms with Crippen molar-refractivity contribution >= 4 is 26.8 Å². The van der Waals surface area contributed by atoms with Gasteiger partial charge in [0, 0.05) is 13.1 Å². The second kappa shape index (κ2) is 8.20. The standard InChI is InChI=1S/C24H25NO4S/c1-17-13-18(2)15-22(14-17)29-24(26)20-9-11-25(12-10-20)30(27,28)23-8-7-19-5-3-4-6-21(19)16-23/h3-8,13-16,20H,9-12H2,1-2H3. The molecule has 0 saturated carbocycles. The summed E-state index contributed by atoms with van der Waals surface area (Å²) in [4.78, 5) is 12.9. The summed E-state index contributed by atoms with van der Waals surface area (Å²) in [5.74, 6) is -0.0414. The molecule has 0 aliphatic carbocycles. The molecular formula is C24H25NO4S. The normalized spacial score (nSPS) is 15.9. The molecule has 0 aromatic heterocycles. The van der Waals surface area contributed by atoms with Gasteiger partial charge in [0.15, 0.2) is 0 Å². The van der Waals surface area contributed by atoms with Crippen molar-refractivity contribution in [3.05, 3.63) is 71.8 Å². The minimum Gasteiger partial charge on any atom is -0.426 e. The van der Waals surface area contributed by atoms with Crippen molar-refractivity contribution < 1.29 is 17.9 Å². The molecule has 1 heterocycles. The van der Waals surface area contributed by atoms with Crippen LogP contribution in [-0.4, -0.2) is 31.8 Å². The van der Waals surface area contributed by atoms with Gasteiger partial charge in [0.25, 0.3) is 0 Å². The molecule has 3 aromatic rings. The summed E-state index contributed by atoms with van der Waals surface area (Å²) in [5.41, 5.74) is 2.07. The Balaban J connectivity index is 1.43. The number of ether oxygens (including phenoxy) is 1. The molecule has 0 radical (unpaired) electrons. The second-order valence-corrected chi connectivity index (χ2v) is 9.87. The fourth-order valence-corrected chi connectivity index (χ4v) is 5.51. The molecule has 3 aromatic carbocycles. The Morgan fingerprint density at radius 3 is 2.20 bits per heavy atom. The first-order valence-electron chi connectivity index (χ1n) is 10.1. The van der Waals surface area contributed by atoms with E-state index in [0.29, 0.717) is 31.7 Å². The summed E-state index contributed by atoms with van der Waals surface area (Å²) < 4.78 is 33.2. The van der Waals surface area contributed by atoms with Crippen LogP contribution in [0.15, 0.2) is 65.6 Å². The molecule has 1 aliphatic heterocycles. The molecule has 30 heavy (non-hydrogen) atoms. The predicted octanol–water partition coefficient (Wildman–Crippen LogP) is 4.46. The first kappa shape index (κ1) is 20.6. The van der Waals surface area contributed by atoms with Crippen LogP contribution in [0.4, 0.5) is 0 Å². The van der Waals surface area contributed by atoms with Gasteiger partial charge in [-0.3, -0.25) is 4.79 Å². The van der Waals surface area contributed by atoms with E-state index in [1.54, 1.807) is 12.1 Å². The van der Waals surface area contributed by atoms with Crippen molar-refractivity contribution in [2.45, 2.75) is 31.6 Å². The van der Waals surface area contributed by atoms with Crippen molar-refractivity contribution in [1.29, 1.82) is 0 Å². The fraction of sp³-hybridized carbons (Fsp3) is 0.292. The largest absolute Gasteiger partial charge is 0.426 e. The van der Waals surface area contributed by atoms with E-state index in [9.17, 15) is 13.2 Å². The maximum atomic E-state index is 13.1. The first-order valence-corrected chi connectivity index (χ1v) is 11.6. The van der Waals surface area contributed by atoms with E-state index in [1.165, 1.54) is 4.31 Å². The number of carbonyl (C=O) groups is 1. The maximum absolute atomic E-state index is 13.1. The number of esters is 1. The van der Waals surface area contributed by atoms with Gasteiger partial charge in [0.05, 0.1) is 10.8 Å². The number of benzene rings is 3. The van der Waals surface area contributed by atoms with E-state index in [4.69, 9.17) is 4.74 Å². The van der Waals surface area contributed by atoms with E-state index in [-0.39, 0.29) is 16.8 Å². The van der Waals surface area contributed by atoms with Crippen LogP contribution in [0.1, 0.15) is 24.0 Å². The molecule has 4 rings (SSSR count). The van der Waals surface area contributed by atoms with Crippen LogP contribution in [0, 0.1) is 19.8 Å². The molecule has 6 heteroatoms. The number of aryl methyl sites for hydroxylation is 2. The third-order valence-corrected chi connectivity index (χ3v) is 7.45. The van der Waals surface area contributed by atoms with Gasteiger partial charge in [-0.25, -0.2) is 8.42 Å². The molecule has 0 unspecified atom stereocenters. The zero-order chi connectivity index (χ0) is 21.3. The lowest BCUT2D eigenvalue weighted by molar-refractivity contribution is -0.140. The highest BCUT2D eigenvalue weighted by atomic mass is 32.2. The molecular weight excluding hydrogens is 398 g/mol. The van der Waals surface area contributed by atoms with E-state index >= 15 is 0 Å². The van der Waals surface area contributed by atoms with Gasteiger partial charge in [-0.15, -0.1) is 0 Å². The highest BCUT2D eigenvalue weighted by Crippen LogP contribution is 2.27. The Labute approximate surface area is 177 Å². The monoisotopic (exact) mass is 423 g/mol. The Kier molecular flexibility index (Phi) is 5.62. The Bertz CT molecular complexity index is 1170. The van der Waals surface area contributed by atoms with Crippen molar-refractivity contribution in [1.82, 2.24) is 4.31 Å². The number of hydrogen-bond acceptors (Lipinski definition) is 4. The molecule has 0 N–H and O–H groups in total. The highest BCUT2D eigenvalue weighted by Gasteiger charge is 2.33. The number of rotatable bonds is 4. The van der Waals surface area contributed by atoms with Crippen LogP contribution >= 0.6 is 0 Å². The molecule has 1 aliphatic rings. The molecule has 0 atom stereocenters. The predicted molar refractivity (Wildman–Crippen MR) is 117 cm³/mol. The average molecular weight is 424 g/mol. The van der Waals surface area contributed by atoms with Gasteiger partial charge in [0.1, 0.15) is 5.75 Å². The zero-order valence-corrected chi connectivity index (χ0v) is 18.0. The van der Waals surface area contributed by atoms with Gasteiger partial charge in [-0.1, -0.05) is 36.4 Å². The zero-order valence-electron chi connectivity index (χ0n) is 17.2. The van der Waals surface area contributed by atoms with Crippen LogP contribution in [-0.2, 0) is 14.8 Å². The minimum absolute atomic E-state index is 0.289. The Morgan fingerprint density at radius 2 is 1.53 bits per heavy atom. The van der Waals surface area contributed by atoms with Crippen LogP contribution in [0.5, 0.6) is 5.75 Å². The summed E-state index contributed by atoms with van der Waals surface area (Å²) in [6.07, 6.45) is 0.910. The Hall–Kier alpha value is -2.70. The number of nitrogens with zero attached hydrogens (tertiary/aromatic N) is 1. The average Bonchev–Trinajstić information content (AvgIpc) is 2.72. The molecule has 5 nitrogen and oxygen atoms in total. The van der Waals surface area contributed by atoms with Crippen molar-refractivity contribution in [2.75, 3.05) is 13.1 Å². The van der Waals surface area contributed by atoms with Crippen molar-refractivity contribution in [3.63, 3.8) is 0 Å². The van der Waals surface area contributed by atoms with E-state index in [0.717, 1.165) is 21.9 Å². The van der Waals surface area contributed by atoms with Crippen LogP contribution in [0.2, 0.25) is 0 Å². The van der Waals surface area contributed by atoms with E-state index in [1.807, 2.05) is 62.4 Å². The number of hydrogen-bond donors (Lipinski definition) is 0. The molecule has 156 valence electrons. The van der Waals surface area contributed by atoms with Crippen molar-refractivity contribution in [3.8, 4) is 5.75 Å². The first-order chi connectivity index (χ1) is 14.3. The summed E-state index contributed by atoms with van der Waals surface area (Å²) in [7, 11) is -3.59. The summed E-state index contributed by atoms with van der Waals surface area (Å²) >= 11 is 0. The quantitative estimate of drug-likeness (QED) is 0.459. The molecule has 0 spiro atoms. The van der Waals surface area contributed by atoms with Crippen molar-refractivity contribution in [2.24, 2.45) is 5.92 Å². The van der Waals surface area contributed by atoms with Gasteiger partial charge in [-0.2, -0.15) is 4.31 Å². The number of sulfonamides is 1. The number of carbonyl (C=O) groups excluding carboxylic acids is 1. The Morgan fingerprint density at radius 1 is 0.900 bits per heavy atom. The lowest BCUT2D eigenvalue weighted by Gasteiger charge is -2.30. The van der Waals surface area contributed by atoms with Gasteiger partial charge in [-0.05, 0) is 72.9 Å². The molecule has 1 fully saturated rings. The smallest absolute Gasteiger partial charge is 0.314 e. The van der Waals surface area contributed by atoms with Crippen LogP contribution < -0.4 is 4.74 Å².